The molecule has 2 atom stereocenters. The Morgan fingerprint density at radius 2 is 2.19 bits per heavy atom. The summed E-state index contributed by atoms with van der Waals surface area (Å²) in [6.45, 7) is 5.82. The fourth-order valence-electron chi connectivity index (χ4n) is 3.19. The fraction of sp³-hybridized carbons (Fsp3) is 0.625. The molecule has 1 saturated heterocycles. The minimum atomic E-state index is -0.512. The monoisotopic (exact) mass is 297 g/mol. The van der Waals surface area contributed by atoms with Gasteiger partial charge in [-0.1, -0.05) is 6.92 Å². The molecule has 0 amide bonds. The summed E-state index contributed by atoms with van der Waals surface area (Å²) in [6.07, 6.45) is 2.43. The molecule has 0 spiro atoms. The standard InChI is InChI=1S/C16H25F2N3/c1-3-21-8-4-5-13(21)10-20(2)11-16(19)14-9-12(17)6-7-15(14)18/h6-7,9,13,16H,3-5,8,10-11,19H2,1-2H3. The topological polar surface area (TPSA) is 32.5 Å². The van der Waals surface area contributed by atoms with Gasteiger partial charge in [0.2, 0.25) is 0 Å². The van der Waals surface area contributed by atoms with E-state index in [2.05, 4.69) is 16.7 Å². The van der Waals surface area contributed by atoms with E-state index in [4.69, 9.17) is 5.73 Å². The molecule has 0 radical (unpaired) electrons. The molecule has 0 saturated carbocycles. The highest BCUT2D eigenvalue weighted by molar-refractivity contribution is 5.22. The van der Waals surface area contributed by atoms with E-state index in [1.54, 1.807) is 0 Å². The summed E-state index contributed by atoms with van der Waals surface area (Å²) in [5.41, 5.74) is 6.30. The van der Waals surface area contributed by atoms with Crippen LogP contribution in [0.15, 0.2) is 18.2 Å². The zero-order valence-electron chi connectivity index (χ0n) is 12.9. The van der Waals surface area contributed by atoms with Gasteiger partial charge < -0.3 is 10.6 Å². The maximum atomic E-state index is 13.7. The summed E-state index contributed by atoms with van der Waals surface area (Å²) in [5.74, 6) is -0.884. The minimum absolute atomic E-state index is 0.251. The van der Waals surface area contributed by atoms with Gasteiger partial charge in [-0.25, -0.2) is 8.78 Å². The number of nitrogens with zero attached hydrogens (tertiary/aromatic N) is 2. The first-order valence-electron chi connectivity index (χ1n) is 7.64. The van der Waals surface area contributed by atoms with Crippen molar-refractivity contribution in [3.05, 3.63) is 35.4 Å². The van der Waals surface area contributed by atoms with Gasteiger partial charge in [0, 0.05) is 30.7 Å². The Balaban J connectivity index is 1.92. The number of benzene rings is 1. The number of nitrogens with two attached hydrogens (primary N) is 1. The number of hydrogen-bond acceptors (Lipinski definition) is 3. The number of hydrogen-bond donors (Lipinski definition) is 1. The summed E-state index contributed by atoms with van der Waals surface area (Å²) >= 11 is 0. The van der Waals surface area contributed by atoms with E-state index in [1.165, 1.54) is 18.9 Å². The van der Waals surface area contributed by atoms with Crippen LogP contribution in [0.2, 0.25) is 0 Å². The molecule has 5 heteroatoms. The van der Waals surface area contributed by atoms with E-state index in [1.807, 2.05) is 7.05 Å². The van der Waals surface area contributed by atoms with Crippen molar-refractivity contribution in [2.45, 2.75) is 31.8 Å². The second-order valence-corrected chi connectivity index (χ2v) is 5.92. The molecule has 21 heavy (non-hydrogen) atoms. The third-order valence-corrected chi connectivity index (χ3v) is 4.29. The molecule has 1 heterocycles. The van der Waals surface area contributed by atoms with Crippen LogP contribution in [0.3, 0.4) is 0 Å². The van der Waals surface area contributed by atoms with Crippen LogP contribution in [-0.4, -0.2) is 49.1 Å². The van der Waals surface area contributed by atoms with Crippen molar-refractivity contribution in [1.29, 1.82) is 0 Å². The molecule has 0 aliphatic carbocycles. The van der Waals surface area contributed by atoms with E-state index in [9.17, 15) is 8.78 Å². The Morgan fingerprint density at radius 3 is 2.90 bits per heavy atom. The van der Waals surface area contributed by atoms with E-state index < -0.39 is 17.7 Å². The van der Waals surface area contributed by atoms with Crippen LogP contribution in [0.4, 0.5) is 8.78 Å². The Morgan fingerprint density at radius 1 is 1.43 bits per heavy atom. The van der Waals surface area contributed by atoms with Crippen molar-refractivity contribution in [1.82, 2.24) is 9.80 Å². The predicted octanol–water partition coefficient (Wildman–Crippen LogP) is 2.38. The van der Waals surface area contributed by atoms with Crippen LogP contribution < -0.4 is 5.73 Å². The molecule has 2 rings (SSSR count). The number of likely N-dealkylation sites (tertiary alicyclic amines) is 1. The van der Waals surface area contributed by atoms with Crippen molar-refractivity contribution >= 4 is 0 Å². The highest BCUT2D eigenvalue weighted by Gasteiger charge is 2.25. The summed E-state index contributed by atoms with van der Waals surface area (Å²) in [4.78, 5) is 4.58. The molecule has 0 bridgehead atoms. The lowest BCUT2D eigenvalue weighted by molar-refractivity contribution is 0.193. The van der Waals surface area contributed by atoms with Crippen molar-refractivity contribution in [3.8, 4) is 0 Å². The average Bonchev–Trinajstić information content (AvgIpc) is 2.88. The first kappa shape index (κ1) is 16.3. The molecule has 118 valence electrons. The molecular formula is C16H25F2N3. The van der Waals surface area contributed by atoms with Crippen LogP contribution >= 0.6 is 0 Å². The summed E-state index contributed by atoms with van der Waals surface area (Å²) < 4.78 is 26.9. The van der Waals surface area contributed by atoms with Crippen LogP contribution in [-0.2, 0) is 0 Å². The lowest BCUT2D eigenvalue weighted by Gasteiger charge is -2.29. The second kappa shape index (κ2) is 7.29. The average molecular weight is 297 g/mol. The van der Waals surface area contributed by atoms with Crippen molar-refractivity contribution in [3.63, 3.8) is 0 Å². The SMILES string of the molecule is CCN1CCCC1CN(C)CC(N)c1cc(F)ccc1F. The first-order valence-corrected chi connectivity index (χ1v) is 7.64. The Bertz CT molecular complexity index is 467. The Kier molecular flexibility index (Phi) is 5.67. The molecule has 3 nitrogen and oxygen atoms in total. The zero-order chi connectivity index (χ0) is 15.4. The maximum absolute atomic E-state index is 13.7. The molecule has 2 N–H and O–H groups in total. The fourth-order valence-corrected chi connectivity index (χ4v) is 3.19. The number of halogens is 2. The normalized spacial score (nSPS) is 21.1. The highest BCUT2D eigenvalue weighted by atomic mass is 19.1. The third-order valence-electron chi connectivity index (χ3n) is 4.29. The van der Waals surface area contributed by atoms with E-state index >= 15 is 0 Å². The predicted molar refractivity (Wildman–Crippen MR) is 81.1 cm³/mol. The Labute approximate surface area is 125 Å². The third kappa shape index (κ3) is 4.22. The molecule has 1 aliphatic heterocycles. The van der Waals surface area contributed by atoms with Crippen LogP contribution in [0.1, 0.15) is 31.4 Å². The van der Waals surface area contributed by atoms with Gasteiger partial charge in [0.1, 0.15) is 11.6 Å². The summed E-state index contributed by atoms with van der Waals surface area (Å²) in [7, 11) is 1.99. The molecule has 1 aromatic rings. The van der Waals surface area contributed by atoms with Gasteiger partial charge in [-0.15, -0.1) is 0 Å². The molecule has 1 aromatic carbocycles. The van der Waals surface area contributed by atoms with Crippen molar-refractivity contribution in [2.24, 2.45) is 5.73 Å². The molecular weight excluding hydrogens is 272 g/mol. The number of likely N-dealkylation sites (N-methyl/N-ethyl adjacent to an activating group) is 2. The summed E-state index contributed by atoms with van der Waals surface area (Å²) in [6, 6.07) is 3.49. The minimum Gasteiger partial charge on any atom is -0.323 e. The van der Waals surface area contributed by atoms with Gasteiger partial charge in [-0.3, -0.25) is 4.90 Å². The van der Waals surface area contributed by atoms with E-state index in [-0.39, 0.29) is 5.56 Å². The van der Waals surface area contributed by atoms with E-state index in [0.29, 0.717) is 12.6 Å². The van der Waals surface area contributed by atoms with Crippen molar-refractivity contribution < 1.29 is 8.78 Å². The highest BCUT2D eigenvalue weighted by Crippen LogP contribution is 2.20. The largest absolute Gasteiger partial charge is 0.323 e. The van der Waals surface area contributed by atoms with Crippen LogP contribution in [0.25, 0.3) is 0 Å². The van der Waals surface area contributed by atoms with Crippen LogP contribution in [0, 0.1) is 11.6 Å². The van der Waals surface area contributed by atoms with Gasteiger partial charge in [0.05, 0.1) is 0 Å². The van der Waals surface area contributed by atoms with Gasteiger partial charge >= 0.3 is 0 Å². The van der Waals surface area contributed by atoms with Gasteiger partial charge in [0.15, 0.2) is 0 Å². The molecule has 1 aliphatic rings. The van der Waals surface area contributed by atoms with Gasteiger partial charge in [0.25, 0.3) is 0 Å². The van der Waals surface area contributed by atoms with Crippen LogP contribution in [0.5, 0.6) is 0 Å². The quantitative estimate of drug-likeness (QED) is 0.875. The first-order chi connectivity index (χ1) is 10.0. The van der Waals surface area contributed by atoms with E-state index in [0.717, 1.165) is 31.8 Å². The van der Waals surface area contributed by atoms with Gasteiger partial charge in [-0.2, -0.15) is 0 Å². The smallest absolute Gasteiger partial charge is 0.128 e. The maximum Gasteiger partial charge on any atom is 0.128 e. The van der Waals surface area contributed by atoms with Crippen molar-refractivity contribution in [2.75, 3.05) is 33.2 Å². The lowest BCUT2D eigenvalue weighted by Crippen LogP contribution is -2.41. The summed E-state index contributed by atoms with van der Waals surface area (Å²) in [5, 5.41) is 0. The zero-order valence-corrected chi connectivity index (χ0v) is 12.9. The Hall–Kier alpha value is -1.04. The molecule has 0 aromatic heterocycles. The second-order valence-electron chi connectivity index (χ2n) is 5.92. The van der Waals surface area contributed by atoms with Gasteiger partial charge in [-0.05, 0) is 51.2 Å². The molecule has 2 unspecified atom stereocenters. The molecule has 1 fully saturated rings. The lowest BCUT2D eigenvalue weighted by atomic mass is 10.1. The number of rotatable bonds is 6.